The number of hydrogen-bond donors (Lipinski definition) is 1. The van der Waals surface area contributed by atoms with E-state index < -0.39 is 11.7 Å². The molecule has 0 unspecified atom stereocenters. The van der Waals surface area contributed by atoms with Crippen molar-refractivity contribution in [2.24, 2.45) is 0 Å². The number of hydrogen-bond acceptors (Lipinski definition) is 2. The predicted octanol–water partition coefficient (Wildman–Crippen LogP) is 3.84. The fourth-order valence-electron chi connectivity index (χ4n) is 1.97. The normalized spacial score (nSPS) is 10.3. The first kappa shape index (κ1) is 14.5. The molecular formula is C15H14BrFN2O. The minimum absolute atomic E-state index is 0.0262. The van der Waals surface area contributed by atoms with E-state index in [0.717, 1.165) is 0 Å². The maximum atomic E-state index is 13.9. The first-order valence-electron chi connectivity index (χ1n) is 6.16. The van der Waals surface area contributed by atoms with E-state index in [2.05, 4.69) is 15.9 Å². The van der Waals surface area contributed by atoms with Crippen LogP contribution in [-0.4, -0.2) is 12.5 Å². The van der Waals surface area contributed by atoms with Gasteiger partial charge in [0, 0.05) is 11.0 Å². The molecule has 0 spiro atoms. The Labute approximate surface area is 125 Å². The van der Waals surface area contributed by atoms with Crippen LogP contribution in [0.2, 0.25) is 0 Å². The Morgan fingerprint density at radius 1 is 1.30 bits per heavy atom. The van der Waals surface area contributed by atoms with E-state index in [9.17, 15) is 9.18 Å². The molecule has 2 aromatic rings. The number of para-hydroxylation sites is 2. The Kier molecular flexibility index (Phi) is 4.39. The minimum Gasteiger partial charge on any atom is -0.397 e. The van der Waals surface area contributed by atoms with Crippen molar-refractivity contribution in [3.63, 3.8) is 0 Å². The van der Waals surface area contributed by atoms with Crippen LogP contribution >= 0.6 is 15.9 Å². The molecule has 0 radical (unpaired) electrons. The lowest BCUT2D eigenvalue weighted by Gasteiger charge is -2.22. The highest BCUT2D eigenvalue weighted by atomic mass is 79.9. The summed E-state index contributed by atoms with van der Waals surface area (Å²) in [5.41, 5.74) is 6.98. The van der Waals surface area contributed by atoms with Crippen molar-refractivity contribution < 1.29 is 9.18 Å². The number of anilines is 2. The van der Waals surface area contributed by atoms with Crippen LogP contribution in [-0.2, 0) is 0 Å². The Morgan fingerprint density at radius 2 is 2.00 bits per heavy atom. The molecular weight excluding hydrogens is 323 g/mol. The van der Waals surface area contributed by atoms with Crippen LogP contribution in [0.25, 0.3) is 0 Å². The van der Waals surface area contributed by atoms with Gasteiger partial charge in [0.2, 0.25) is 0 Å². The van der Waals surface area contributed by atoms with Crippen molar-refractivity contribution in [1.29, 1.82) is 0 Å². The minimum atomic E-state index is -0.558. The Morgan fingerprint density at radius 3 is 2.60 bits per heavy atom. The van der Waals surface area contributed by atoms with Crippen molar-refractivity contribution in [3.05, 3.63) is 58.3 Å². The molecule has 0 aliphatic carbocycles. The zero-order valence-electron chi connectivity index (χ0n) is 10.9. The molecule has 3 nitrogen and oxygen atoms in total. The van der Waals surface area contributed by atoms with Crippen molar-refractivity contribution in [2.45, 2.75) is 6.92 Å². The Balaban J connectivity index is 2.42. The molecule has 104 valence electrons. The third-order valence-electron chi connectivity index (χ3n) is 2.95. The van der Waals surface area contributed by atoms with Gasteiger partial charge in [0.15, 0.2) is 0 Å². The van der Waals surface area contributed by atoms with Gasteiger partial charge in [-0.3, -0.25) is 4.79 Å². The summed E-state index contributed by atoms with van der Waals surface area (Å²) < 4.78 is 14.5. The van der Waals surface area contributed by atoms with Crippen molar-refractivity contribution >= 4 is 33.2 Å². The van der Waals surface area contributed by atoms with Gasteiger partial charge in [0.1, 0.15) is 5.82 Å². The summed E-state index contributed by atoms with van der Waals surface area (Å²) in [5, 5.41) is 0. The first-order chi connectivity index (χ1) is 9.54. The monoisotopic (exact) mass is 336 g/mol. The summed E-state index contributed by atoms with van der Waals surface area (Å²) in [6.07, 6.45) is 0. The molecule has 2 aromatic carbocycles. The fourth-order valence-corrected chi connectivity index (χ4v) is 2.30. The number of nitrogens with two attached hydrogens (primary N) is 1. The molecule has 2 rings (SSSR count). The van der Waals surface area contributed by atoms with Gasteiger partial charge in [-0.05, 0) is 37.3 Å². The lowest BCUT2D eigenvalue weighted by molar-refractivity contribution is 0.0984. The quantitative estimate of drug-likeness (QED) is 0.865. The number of carbonyl (C=O) groups excluding carboxylic acids is 1. The summed E-state index contributed by atoms with van der Waals surface area (Å²) in [4.78, 5) is 13.9. The van der Waals surface area contributed by atoms with E-state index in [-0.39, 0.29) is 5.56 Å². The van der Waals surface area contributed by atoms with Gasteiger partial charge in [0.05, 0.1) is 16.9 Å². The van der Waals surface area contributed by atoms with E-state index in [0.29, 0.717) is 22.4 Å². The zero-order valence-corrected chi connectivity index (χ0v) is 12.5. The highest BCUT2D eigenvalue weighted by Crippen LogP contribution is 2.25. The molecule has 0 aromatic heterocycles. The summed E-state index contributed by atoms with van der Waals surface area (Å²) in [7, 11) is 0. The SMILES string of the molecule is CCN(C(=O)c1ccc(Br)cc1F)c1ccccc1N. The molecule has 0 aliphatic heterocycles. The highest BCUT2D eigenvalue weighted by molar-refractivity contribution is 9.10. The van der Waals surface area contributed by atoms with Gasteiger partial charge in [0.25, 0.3) is 5.91 Å². The second-order valence-corrected chi connectivity index (χ2v) is 5.15. The maximum absolute atomic E-state index is 13.9. The number of benzene rings is 2. The summed E-state index contributed by atoms with van der Waals surface area (Å²) in [6.45, 7) is 2.23. The molecule has 2 N–H and O–H groups in total. The molecule has 0 fully saturated rings. The average Bonchev–Trinajstić information content (AvgIpc) is 2.41. The van der Waals surface area contributed by atoms with Crippen LogP contribution < -0.4 is 10.6 Å². The van der Waals surface area contributed by atoms with Crippen LogP contribution in [0.3, 0.4) is 0 Å². The lowest BCUT2D eigenvalue weighted by Crippen LogP contribution is -2.31. The highest BCUT2D eigenvalue weighted by Gasteiger charge is 2.20. The van der Waals surface area contributed by atoms with Crippen molar-refractivity contribution in [1.82, 2.24) is 0 Å². The second-order valence-electron chi connectivity index (χ2n) is 4.23. The standard InChI is InChI=1S/C15H14BrFN2O/c1-2-19(14-6-4-3-5-13(14)18)15(20)11-8-7-10(16)9-12(11)17/h3-9H,2,18H2,1H3. The maximum Gasteiger partial charge on any atom is 0.261 e. The van der Waals surface area contributed by atoms with Crippen LogP contribution in [0.5, 0.6) is 0 Å². The average molecular weight is 337 g/mol. The van der Waals surface area contributed by atoms with Gasteiger partial charge >= 0.3 is 0 Å². The number of carbonyl (C=O) groups is 1. The van der Waals surface area contributed by atoms with Crippen LogP contribution in [0.15, 0.2) is 46.9 Å². The van der Waals surface area contributed by atoms with Crippen LogP contribution in [0.1, 0.15) is 17.3 Å². The summed E-state index contributed by atoms with van der Waals surface area (Å²) in [6, 6.07) is 11.4. The van der Waals surface area contributed by atoms with Gasteiger partial charge < -0.3 is 10.6 Å². The third-order valence-corrected chi connectivity index (χ3v) is 3.44. The topological polar surface area (TPSA) is 46.3 Å². The largest absolute Gasteiger partial charge is 0.397 e. The van der Waals surface area contributed by atoms with Crippen LogP contribution in [0.4, 0.5) is 15.8 Å². The van der Waals surface area contributed by atoms with E-state index >= 15 is 0 Å². The zero-order chi connectivity index (χ0) is 14.7. The Bertz CT molecular complexity index is 646. The van der Waals surface area contributed by atoms with Crippen molar-refractivity contribution in [2.75, 3.05) is 17.2 Å². The number of nitrogen functional groups attached to an aromatic ring is 1. The van der Waals surface area contributed by atoms with E-state index in [1.165, 1.54) is 17.0 Å². The number of amides is 1. The first-order valence-corrected chi connectivity index (χ1v) is 6.95. The number of nitrogens with zero attached hydrogens (tertiary/aromatic N) is 1. The summed E-state index contributed by atoms with van der Waals surface area (Å²) >= 11 is 3.17. The third kappa shape index (κ3) is 2.82. The van der Waals surface area contributed by atoms with E-state index in [1.807, 2.05) is 6.92 Å². The van der Waals surface area contributed by atoms with Gasteiger partial charge in [-0.25, -0.2) is 4.39 Å². The number of rotatable bonds is 3. The van der Waals surface area contributed by atoms with Gasteiger partial charge in [-0.2, -0.15) is 0 Å². The van der Waals surface area contributed by atoms with Crippen LogP contribution in [0, 0.1) is 5.82 Å². The predicted molar refractivity (Wildman–Crippen MR) is 82.3 cm³/mol. The molecule has 0 saturated heterocycles. The number of halogens is 2. The molecule has 0 aliphatic rings. The smallest absolute Gasteiger partial charge is 0.261 e. The van der Waals surface area contributed by atoms with Gasteiger partial charge in [-0.1, -0.05) is 28.1 Å². The summed E-state index contributed by atoms with van der Waals surface area (Å²) in [5.74, 6) is -0.965. The molecule has 0 bridgehead atoms. The molecule has 0 saturated carbocycles. The van der Waals surface area contributed by atoms with Gasteiger partial charge in [-0.15, -0.1) is 0 Å². The lowest BCUT2D eigenvalue weighted by atomic mass is 10.1. The molecule has 0 heterocycles. The molecule has 20 heavy (non-hydrogen) atoms. The molecule has 0 atom stereocenters. The van der Waals surface area contributed by atoms with E-state index in [4.69, 9.17) is 5.73 Å². The second kappa shape index (κ2) is 6.05. The van der Waals surface area contributed by atoms with E-state index in [1.54, 1.807) is 30.3 Å². The van der Waals surface area contributed by atoms with Crippen molar-refractivity contribution in [3.8, 4) is 0 Å². The molecule has 1 amide bonds. The molecule has 5 heteroatoms. The Hall–Kier alpha value is -1.88. The fraction of sp³-hybridized carbons (Fsp3) is 0.133.